The first kappa shape index (κ1) is 13.9. The normalized spacial score (nSPS) is 12.7. The Labute approximate surface area is 126 Å². The van der Waals surface area contributed by atoms with E-state index in [1.165, 1.54) is 24.3 Å². The third kappa shape index (κ3) is 2.74. The van der Waals surface area contributed by atoms with Crippen molar-refractivity contribution in [2.45, 2.75) is 19.4 Å². The molecule has 1 unspecified atom stereocenters. The number of nitrogens with one attached hydrogen (secondary N) is 1. The lowest BCUT2D eigenvalue weighted by molar-refractivity contribution is 0.551. The second-order valence-electron chi connectivity index (χ2n) is 5.14. The van der Waals surface area contributed by atoms with Crippen LogP contribution in [0.25, 0.3) is 11.0 Å². The van der Waals surface area contributed by atoms with Gasteiger partial charge in [-0.25, -0.2) is 8.78 Å². The molecule has 0 saturated heterocycles. The van der Waals surface area contributed by atoms with Gasteiger partial charge < -0.3 is 9.55 Å². The fourth-order valence-electron chi connectivity index (χ4n) is 2.59. The fourth-order valence-corrected chi connectivity index (χ4v) is 2.98. The van der Waals surface area contributed by atoms with Crippen molar-refractivity contribution in [3.8, 4) is 0 Å². The Hall–Kier alpha value is -2.01. The van der Waals surface area contributed by atoms with E-state index in [0.29, 0.717) is 10.3 Å². The number of aromatic nitrogens is 2. The molecule has 0 aliphatic heterocycles. The first-order valence-electron chi connectivity index (χ1n) is 6.69. The van der Waals surface area contributed by atoms with Gasteiger partial charge in [0.25, 0.3) is 0 Å². The minimum absolute atomic E-state index is 0.0853. The van der Waals surface area contributed by atoms with Crippen molar-refractivity contribution in [1.29, 1.82) is 0 Å². The number of hydrogen-bond donors (Lipinski definition) is 1. The Morgan fingerprint density at radius 3 is 2.48 bits per heavy atom. The molecule has 2 nitrogen and oxygen atoms in total. The molecule has 1 heterocycles. The summed E-state index contributed by atoms with van der Waals surface area (Å²) in [5.74, 6) is -0.539. The van der Waals surface area contributed by atoms with Crippen LogP contribution in [-0.2, 0) is 6.42 Å². The van der Waals surface area contributed by atoms with Gasteiger partial charge in [-0.3, -0.25) is 0 Å². The molecule has 0 fully saturated rings. The van der Waals surface area contributed by atoms with E-state index in [1.807, 2.05) is 11.5 Å². The van der Waals surface area contributed by atoms with Gasteiger partial charge in [-0.1, -0.05) is 12.1 Å². The molecular weight excluding hydrogens is 290 g/mol. The van der Waals surface area contributed by atoms with Crippen LogP contribution < -0.4 is 0 Å². The molecular formula is C16H14F2N2S. The van der Waals surface area contributed by atoms with E-state index in [-0.39, 0.29) is 17.7 Å². The molecule has 0 saturated carbocycles. The summed E-state index contributed by atoms with van der Waals surface area (Å²) in [6, 6.07) is 11.1. The lowest BCUT2D eigenvalue weighted by Crippen LogP contribution is -2.08. The van der Waals surface area contributed by atoms with Gasteiger partial charge >= 0.3 is 0 Å². The number of imidazole rings is 1. The summed E-state index contributed by atoms with van der Waals surface area (Å²) in [7, 11) is 0. The van der Waals surface area contributed by atoms with E-state index in [4.69, 9.17) is 12.2 Å². The maximum Gasteiger partial charge on any atom is 0.178 e. The Bertz CT molecular complexity index is 834. The van der Waals surface area contributed by atoms with Crippen molar-refractivity contribution in [3.05, 3.63) is 64.4 Å². The molecule has 3 aromatic rings. The average Bonchev–Trinajstić information content (AvgIpc) is 2.76. The molecule has 1 N–H and O–H groups in total. The number of rotatable bonds is 3. The quantitative estimate of drug-likeness (QED) is 0.691. The zero-order chi connectivity index (χ0) is 15.0. The van der Waals surface area contributed by atoms with Crippen molar-refractivity contribution in [2.24, 2.45) is 0 Å². The van der Waals surface area contributed by atoms with Gasteiger partial charge in [0.15, 0.2) is 4.77 Å². The second-order valence-corrected chi connectivity index (χ2v) is 5.53. The SMILES string of the molecule is CC(Cc1ccc(F)cc1)n1c(=S)[nH]c2cc(F)ccc21. The number of aromatic amines is 1. The van der Waals surface area contributed by atoms with Gasteiger partial charge in [-0.05, 0) is 61.5 Å². The molecule has 0 spiro atoms. The van der Waals surface area contributed by atoms with Crippen LogP contribution in [0.4, 0.5) is 8.78 Å². The average molecular weight is 304 g/mol. The van der Waals surface area contributed by atoms with Gasteiger partial charge in [0.1, 0.15) is 11.6 Å². The smallest absolute Gasteiger partial charge is 0.178 e. The van der Waals surface area contributed by atoms with E-state index in [0.717, 1.165) is 17.5 Å². The van der Waals surface area contributed by atoms with Crippen LogP contribution in [0.1, 0.15) is 18.5 Å². The van der Waals surface area contributed by atoms with Crippen LogP contribution in [0, 0.1) is 16.4 Å². The number of halogens is 2. The van der Waals surface area contributed by atoms with E-state index < -0.39 is 0 Å². The molecule has 0 aliphatic carbocycles. The number of fused-ring (bicyclic) bond motifs is 1. The summed E-state index contributed by atoms with van der Waals surface area (Å²) in [4.78, 5) is 3.02. The lowest BCUT2D eigenvalue weighted by atomic mass is 10.1. The Morgan fingerprint density at radius 2 is 1.76 bits per heavy atom. The summed E-state index contributed by atoms with van der Waals surface area (Å²) in [5, 5.41) is 0. The molecule has 0 aliphatic rings. The van der Waals surface area contributed by atoms with Crippen LogP contribution in [0.3, 0.4) is 0 Å². The highest BCUT2D eigenvalue weighted by Crippen LogP contribution is 2.22. The summed E-state index contributed by atoms with van der Waals surface area (Å²) in [6.07, 6.45) is 0.721. The Morgan fingerprint density at radius 1 is 1.10 bits per heavy atom. The van der Waals surface area contributed by atoms with Crippen LogP contribution in [-0.4, -0.2) is 9.55 Å². The minimum atomic E-state index is -0.294. The largest absolute Gasteiger partial charge is 0.330 e. The second kappa shape index (κ2) is 5.41. The van der Waals surface area contributed by atoms with Crippen LogP contribution in [0.2, 0.25) is 0 Å². The van der Waals surface area contributed by atoms with Gasteiger partial charge in [-0.15, -0.1) is 0 Å². The summed E-state index contributed by atoms with van der Waals surface area (Å²) < 4.78 is 28.7. The maximum atomic E-state index is 13.3. The highest BCUT2D eigenvalue weighted by molar-refractivity contribution is 7.71. The summed E-state index contributed by atoms with van der Waals surface area (Å²) >= 11 is 5.33. The number of H-pyrrole nitrogens is 1. The molecule has 5 heteroatoms. The van der Waals surface area contributed by atoms with Crippen molar-refractivity contribution in [3.63, 3.8) is 0 Å². The fraction of sp³-hybridized carbons (Fsp3) is 0.188. The van der Waals surface area contributed by atoms with Crippen molar-refractivity contribution < 1.29 is 8.78 Å². The molecule has 2 aromatic carbocycles. The molecule has 1 atom stereocenters. The molecule has 0 bridgehead atoms. The highest BCUT2D eigenvalue weighted by atomic mass is 32.1. The monoisotopic (exact) mass is 304 g/mol. The van der Waals surface area contributed by atoms with Crippen molar-refractivity contribution in [1.82, 2.24) is 9.55 Å². The van der Waals surface area contributed by atoms with Gasteiger partial charge in [-0.2, -0.15) is 0 Å². The molecule has 0 amide bonds. The lowest BCUT2D eigenvalue weighted by Gasteiger charge is -2.14. The Kier molecular flexibility index (Phi) is 3.59. The molecule has 1 aromatic heterocycles. The summed E-state index contributed by atoms with van der Waals surface area (Å²) in [6.45, 7) is 2.04. The van der Waals surface area contributed by atoms with Crippen LogP contribution >= 0.6 is 12.2 Å². The number of benzene rings is 2. The third-order valence-corrected chi connectivity index (χ3v) is 3.86. The zero-order valence-electron chi connectivity index (χ0n) is 11.4. The predicted molar refractivity (Wildman–Crippen MR) is 81.9 cm³/mol. The predicted octanol–water partition coefficient (Wildman–Crippen LogP) is 4.78. The molecule has 0 radical (unpaired) electrons. The van der Waals surface area contributed by atoms with Crippen LogP contribution in [0.5, 0.6) is 0 Å². The highest BCUT2D eigenvalue weighted by Gasteiger charge is 2.12. The standard InChI is InChI=1S/C16H14F2N2S/c1-10(8-11-2-4-12(17)5-3-11)20-15-7-6-13(18)9-14(15)19-16(20)21/h2-7,9-10H,8H2,1H3,(H,19,21). The zero-order valence-corrected chi connectivity index (χ0v) is 12.3. The minimum Gasteiger partial charge on any atom is -0.330 e. The van der Waals surface area contributed by atoms with Crippen molar-refractivity contribution >= 4 is 23.3 Å². The maximum absolute atomic E-state index is 13.3. The van der Waals surface area contributed by atoms with E-state index >= 15 is 0 Å². The van der Waals surface area contributed by atoms with E-state index in [9.17, 15) is 8.78 Å². The molecule has 108 valence electrons. The van der Waals surface area contributed by atoms with E-state index in [1.54, 1.807) is 18.2 Å². The first-order chi connectivity index (χ1) is 10.0. The topological polar surface area (TPSA) is 20.7 Å². The van der Waals surface area contributed by atoms with E-state index in [2.05, 4.69) is 4.98 Å². The van der Waals surface area contributed by atoms with Crippen molar-refractivity contribution in [2.75, 3.05) is 0 Å². The number of hydrogen-bond acceptors (Lipinski definition) is 1. The molecule has 21 heavy (non-hydrogen) atoms. The number of nitrogens with zero attached hydrogens (tertiary/aromatic N) is 1. The summed E-state index contributed by atoms with van der Waals surface area (Å²) in [5.41, 5.74) is 2.59. The Balaban J connectivity index is 1.97. The van der Waals surface area contributed by atoms with Gasteiger partial charge in [0.2, 0.25) is 0 Å². The van der Waals surface area contributed by atoms with Gasteiger partial charge in [0.05, 0.1) is 11.0 Å². The first-order valence-corrected chi connectivity index (χ1v) is 7.09. The molecule has 3 rings (SSSR count). The van der Waals surface area contributed by atoms with Crippen LogP contribution in [0.15, 0.2) is 42.5 Å². The third-order valence-electron chi connectivity index (χ3n) is 3.56. The van der Waals surface area contributed by atoms with Gasteiger partial charge in [0, 0.05) is 6.04 Å².